The zero-order valence-electron chi connectivity index (χ0n) is 13.9. The molecule has 0 saturated carbocycles. The summed E-state index contributed by atoms with van der Waals surface area (Å²) >= 11 is 0. The number of ether oxygens (including phenoxy) is 2. The van der Waals surface area contributed by atoms with Crippen LogP contribution in [-0.4, -0.2) is 36.1 Å². The predicted molar refractivity (Wildman–Crippen MR) is 86.2 cm³/mol. The Morgan fingerprint density at radius 2 is 2.00 bits per heavy atom. The highest BCUT2D eigenvalue weighted by Crippen LogP contribution is 2.20. The molecule has 5 heteroatoms. The third kappa shape index (κ3) is 7.31. The van der Waals surface area contributed by atoms with E-state index in [2.05, 4.69) is 5.32 Å². The first kappa shape index (κ1) is 18.3. The molecule has 1 rings (SSSR count). The van der Waals surface area contributed by atoms with Gasteiger partial charge in [-0.3, -0.25) is 0 Å². The van der Waals surface area contributed by atoms with Gasteiger partial charge in [0.2, 0.25) is 0 Å². The normalized spacial score (nSPS) is 12.6. The summed E-state index contributed by atoms with van der Waals surface area (Å²) in [5.41, 5.74) is 0.582. The molecule has 22 heavy (non-hydrogen) atoms. The maximum atomic E-state index is 11.5. The van der Waals surface area contributed by atoms with Crippen LogP contribution < -0.4 is 10.1 Å². The van der Waals surface area contributed by atoms with E-state index in [-0.39, 0.29) is 12.7 Å². The molecular weight excluding hydrogens is 282 g/mol. The van der Waals surface area contributed by atoms with Gasteiger partial charge in [-0.2, -0.15) is 0 Å². The Kier molecular flexibility index (Phi) is 7.18. The van der Waals surface area contributed by atoms with Gasteiger partial charge in [0.05, 0.1) is 6.61 Å². The molecule has 0 heterocycles. The van der Waals surface area contributed by atoms with Crippen LogP contribution in [0.4, 0.5) is 4.79 Å². The summed E-state index contributed by atoms with van der Waals surface area (Å²) < 4.78 is 10.9. The molecule has 5 nitrogen and oxygen atoms in total. The number of aliphatic hydroxyl groups excluding tert-OH is 1. The van der Waals surface area contributed by atoms with E-state index in [4.69, 9.17) is 14.6 Å². The fourth-order valence-electron chi connectivity index (χ4n) is 1.86. The minimum absolute atomic E-state index is 0.0193. The number of rotatable bonds is 7. The number of carbonyl (C=O) groups is 1. The lowest BCUT2D eigenvalue weighted by Crippen LogP contribution is -2.33. The van der Waals surface area contributed by atoms with Gasteiger partial charge in [-0.05, 0) is 52.2 Å². The molecule has 0 aliphatic heterocycles. The van der Waals surface area contributed by atoms with Gasteiger partial charge in [0.25, 0.3) is 0 Å². The summed E-state index contributed by atoms with van der Waals surface area (Å²) in [7, 11) is 0. The Bertz CT molecular complexity index is 468. The van der Waals surface area contributed by atoms with Crippen LogP contribution in [0, 0.1) is 0 Å². The number of aryl methyl sites for hydroxylation is 1. The maximum Gasteiger partial charge on any atom is 0.407 e. The van der Waals surface area contributed by atoms with Gasteiger partial charge >= 0.3 is 6.09 Å². The SMILES string of the molecule is C[C@H](CO)Oc1ccccc1CCCNC(=O)OC(C)(C)C. The van der Waals surface area contributed by atoms with Gasteiger partial charge in [-0.15, -0.1) is 0 Å². The number of hydrogen-bond donors (Lipinski definition) is 2. The van der Waals surface area contributed by atoms with Crippen molar-refractivity contribution in [3.05, 3.63) is 29.8 Å². The maximum absolute atomic E-state index is 11.5. The first-order chi connectivity index (χ1) is 10.3. The van der Waals surface area contributed by atoms with E-state index in [1.165, 1.54) is 0 Å². The number of aliphatic hydroxyl groups is 1. The van der Waals surface area contributed by atoms with Gasteiger partial charge in [0.15, 0.2) is 0 Å². The fourth-order valence-corrected chi connectivity index (χ4v) is 1.86. The minimum atomic E-state index is -0.481. The largest absolute Gasteiger partial charge is 0.488 e. The molecular formula is C17H27NO4. The third-order valence-corrected chi connectivity index (χ3v) is 2.85. The van der Waals surface area contributed by atoms with Crippen LogP contribution in [0.3, 0.4) is 0 Å². The lowest BCUT2D eigenvalue weighted by Gasteiger charge is -2.19. The molecule has 1 aromatic carbocycles. The number of benzene rings is 1. The van der Waals surface area contributed by atoms with Crippen LogP contribution in [0.1, 0.15) is 39.7 Å². The Morgan fingerprint density at radius 3 is 2.64 bits per heavy atom. The molecule has 0 bridgehead atoms. The third-order valence-electron chi connectivity index (χ3n) is 2.85. The first-order valence-corrected chi connectivity index (χ1v) is 7.64. The highest BCUT2D eigenvalue weighted by Gasteiger charge is 2.15. The summed E-state index contributed by atoms with van der Waals surface area (Å²) in [5.74, 6) is 0.779. The van der Waals surface area contributed by atoms with E-state index < -0.39 is 11.7 Å². The van der Waals surface area contributed by atoms with Crippen molar-refractivity contribution >= 4 is 6.09 Å². The number of para-hydroxylation sites is 1. The smallest absolute Gasteiger partial charge is 0.407 e. The molecule has 0 fully saturated rings. The fraction of sp³-hybridized carbons (Fsp3) is 0.588. The minimum Gasteiger partial charge on any atom is -0.488 e. The Balaban J connectivity index is 2.40. The Labute approximate surface area is 132 Å². The van der Waals surface area contributed by atoms with Crippen LogP contribution in [0.5, 0.6) is 5.75 Å². The molecule has 1 amide bonds. The van der Waals surface area contributed by atoms with E-state index in [0.717, 1.165) is 24.2 Å². The van der Waals surface area contributed by atoms with Gasteiger partial charge in [-0.25, -0.2) is 4.79 Å². The first-order valence-electron chi connectivity index (χ1n) is 7.64. The van der Waals surface area contributed by atoms with Gasteiger partial charge in [0, 0.05) is 6.54 Å². The lowest BCUT2D eigenvalue weighted by atomic mass is 10.1. The van der Waals surface area contributed by atoms with Gasteiger partial charge in [0.1, 0.15) is 17.5 Å². The molecule has 2 N–H and O–H groups in total. The highest BCUT2D eigenvalue weighted by molar-refractivity contribution is 5.67. The van der Waals surface area contributed by atoms with Gasteiger partial charge in [-0.1, -0.05) is 18.2 Å². The van der Waals surface area contributed by atoms with E-state index in [0.29, 0.717) is 6.54 Å². The second-order valence-corrected chi connectivity index (χ2v) is 6.25. The topological polar surface area (TPSA) is 67.8 Å². The predicted octanol–water partition coefficient (Wildman–Crippen LogP) is 2.90. The van der Waals surface area contributed by atoms with E-state index in [1.54, 1.807) is 0 Å². The Hall–Kier alpha value is -1.75. The molecule has 0 aliphatic carbocycles. The molecule has 0 radical (unpaired) electrons. The van der Waals surface area contributed by atoms with Crippen LogP contribution >= 0.6 is 0 Å². The lowest BCUT2D eigenvalue weighted by molar-refractivity contribution is 0.0527. The second-order valence-electron chi connectivity index (χ2n) is 6.25. The van der Waals surface area contributed by atoms with Crippen LogP contribution in [0.2, 0.25) is 0 Å². The van der Waals surface area contributed by atoms with E-state index in [1.807, 2.05) is 52.0 Å². The van der Waals surface area contributed by atoms with Crippen molar-refractivity contribution in [2.75, 3.05) is 13.2 Å². The number of alkyl carbamates (subject to hydrolysis) is 1. The zero-order valence-corrected chi connectivity index (χ0v) is 13.9. The van der Waals surface area contributed by atoms with Crippen LogP contribution in [-0.2, 0) is 11.2 Å². The van der Waals surface area contributed by atoms with E-state index >= 15 is 0 Å². The molecule has 124 valence electrons. The summed E-state index contributed by atoms with van der Waals surface area (Å²) in [6, 6.07) is 7.74. The molecule has 1 atom stereocenters. The molecule has 0 aromatic heterocycles. The molecule has 0 aliphatic rings. The molecule has 0 saturated heterocycles. The van der Waals surface area contributed by atoms with Crippen molar-refractivity contribution in [2.45, 2.75) is 52.2 Å². The second kappa shape index (κ2) is 8.63. The van der Waals surface area contributed by atoms with Crippen molar-refractivity contribution < 1.29 is 19.4 Å². The molecule has 0 spiro atoms. The molecule has 1 aromatic rings. The molecule has 0 unspecified atom stereocenters. The number of hydrogen-bond acceptors (Lipinski definition) is 4. The van der Waals surface area contributed by atoms with E-state index in [9.17, 15) is 4.79 Å². The average Bonchev–Trinajstić information content (AvgIpc) is 2.43. The van der Waals surface area contributed by atoms with Crippen LogP contribution in [0.15, 0.2) is 24.3 Å². The van der Waals surface area contributed by atoms with Crippen molar-refractivity contribution in [1.82, 2.24) is 5.32 Å². The summed E-state index contributed by atoms with van der Waals surface area (Å²) in [6.07, 6.45) is 0.934. The van der Waals surface area contributed by atoms with Gasteiger partial charge < -0.3 is 19.9 Å². The van der Waals surface area contributed by atoms with Crippen molar-refractivity contribution in [2.24, 2.45) is 0 Å². The Morgan fingerprint density at radius 1 is 1.32 bits per heavy atom. The summed E-state index contributed by atoms with van der Waals surface area (Å²) in [6.45, 7) is 7.85. The van der Waals surface area contributed by atoms with Crippen molar-refractivity contribution in [3.8, 4) is 5.75 Å². The quantitative estimate of drug-likeness (QED) is 0.760. The standard InChI is InChI=1S/C17H27NO4/c1-13(12-19)21-15-10-6-5-8-14(15)9-7-11-18-16(20)22-17(2,3)4/h5-6,8,10,13,19H,7,9,11-12H2,1-4H3,(H,18,20)/t13-/m1/s1. The monoisotopic (exact) mass is 309 g/mol. The summed E-state index contributed by atoms with van der Waals surface area (Å²) in [4.78, 5) is 11.5. The number of amides is 1. The van der Waals surface area contributed by atoms with Crippen LogP contribution in [0.25, 0.3) is 0 Å². The number of carbonyl (C=O) groups excluding carboxylic acids is 1. The van der Waals surface area contributed by atoms with Crippen molar-refractivity contribution in [3.63, 3.8) is 0 Å². The average molecular weight is 309 g/mol. The highest BCUT2D eigenvalue weighted by atomic mass is 16.6. The summed E-state index contributed by atoms with van der Waals surface area (Å²) in [5, 5.41) is 11.8. The number of nitrogens with one attached hydrogen (secondary N) is 1. The van der Waals surface area contributed by atoms with Crippen molar-refractivity contribution in [1.29, 1.82) is 0 Å². The zero-order chi connectivity index (χ0) is 16.6.